The zero-order valence-electron chi connectivity index (χ0n) is 9.52. The van der Waals surface area contributed by atoms with Gasteiger partial charge in [-0.1, -0.05) is 12.2 Å². The highest BCUT2D eigenvalue weighted by molar-refractivity contribution is 9.10. The largest absolute Gasteiger partial charge is 0.389 e. The number of rotatable bonds is 3. The average molecular weight is 349 g/mol. The second-order valence-electron chi connectivity index (χ2n) is 4.30. The van der Waals surface area contributed by atoms with E-state index in [0.717, 1.165) is 15.7 Å². The van der Waals surface area contributed by atoms with Crippen LogP contribution in [0.3, 0.4) is 0 Å². The van der Waals surface area contributed by atoms with E-state index in [1.54, 1.807) is 0 Å². The predicted octanol–water partition coefficient (Wildman–Crippen LogP) is 1.68. The maximum absolute atomic E-state index is 11.4. The Hall–Kier alpha value is -0.660. The average Bonchev–Trinajstić information content (AvgIpc) is 2.61. The Morgan fingerprint density at radius 3 is 2.72 bits per heavy atom. The molecule has 1 aromatic carbocycles. The molecule has 1 aliphatic rings. The molecule has 18 heavy (non-hydrogen) atoms. The number of halogens is 1. The third kappa shape index (κ3) is 3.21. The summed E-state index contributed by atoms with van der Waals surface area (Å²) in [4.78, 5) is 0.339. The van der Waals surface area contributed by atoms with Crippen LogP contribution in [0.25, 0.3) is 0 Å². The van der Waals surface area contributed by atoms with Gasteiger partial charge in [0.2, 0.25) is 0 Å². The van der Waals surface area contributed by atoms with Gasteiger partial charge in [-0.2, -0.15) is 0 Å². The normalized spacial score (nSPS) is 21.7. The summed E-state index contributed by atoms with van der Waals surface area (Å²) in [6, 6.07) is 5.47. The number of nitrogens with one attached hydrogen (secondary N) is 1. The zero-order valence-corrected chi connectivity index (χ0v) is 12.7. The van der Waals surface area contributed by atoms with Crippen LogP contribution in [-0.2, 0) is 9.84 Å². The van der Waals surface area contributed by atoms with E-state index in [0.29, 0.717) is 11.4 Å². The number of anilines is 1. The molecule has 0 amide bonds. The first kappa shape index (κ1) is 13.8. The van der Waals surface area contributed by atoms with Crippen LogP contribution in [0, 0.1) is 0 Å². The highest BCUT2D eigenvalue weighted by atomic mass is 79.9. The van der Waals surface area contributed by atoms with Crippen LogP contribution in [0.2, 0.25) is 0 Å². The summed E-state index contributed by atoms with van der Waals surface area (Å²) < 4.78 is 23.6. The van der Waals surface area contributed by atoms with Crippen LogP contribution in [0.5, 0.6) is 0 Å². The molecule has 1 aromatic rings. The molecule has 0 bridgehead atoms. The second-order valence-corrected chi connectivity index (χ2v) is 7.83. The number of sulfone groups is 1. The molecule has 4 nitrogen and oxygen atoms in total. The maximum atomic E-state index is 11.4. The van der Waals surface area contributed by atoms with Crippen LogP contribution in [0.4, 0.5) is 5.69 Å². The van der Waals surface area contributed by atoms with Crippen molar-refractivity contribution in [2.75, 3.05) is 16.8 Å². The Bertz CT molecular complexity index is 587. The number of nitrogens with two attached hydrogens (primary N) is 1. The number of hydrogen-bond donors (Lipinski definition) is 2. The molecule has 0 aromatic heterocycles. The monoisotopic (exact) mass is 348 g/mol. The summed E-state index contributed by atoms with van der Waals surface area (Å²) in [5.41, 5.74) is 7.18. The Morgan fingerprint density at radius 1 is 1.50 bits per heavy atom. The van der Waals surface area contributed by atoms with Crippen LogP contribution < -0.4 is 11.1 Å². The standard InChI is InChI=1S/C11H13BrN2O2S2/c12-9-5-7(11(13)17)1-2-10(9)14-8-3-4-18(15,16)6-8/h1-2,5,8,14H,3-4,6H2,(H2,13,17). The molecule has 1 atom stereocenters. The Morgan fingerprint density at radius 2 is 2.22 bits per heavy atom. The molecule has 0 saturated carbocycles. The Labute approximate surface area is 120 Å². The number of benzene rings is 1. The molecular formula is C11H13BrN2O2S2. The molecule has 1 heterocycles. The molecule has 3 N–H and O–H groups in total. The summed E-state index contributed by atoms with van der Waals surface area (Å²) in [5.74, 6) is 0.448. The minimum Gasteiger partial charge on any atom is -0.389 e. The highest BCUT2D eigenvalue weighted by Crippen LogP contribution is 2.26. The van der Waals surface area contributed by atoms with Gasteiger partial charge < -0.3 is 11.1 Å². The van der Waals surface area contributed by atoms with Gasteiger partial charge in [0.15, 0.2) is 9.84 Å². The van der Waals surface area contributed by atoms with E-state index in [1.807, 2.05) is 18.2 Å². The van der Waals surface area contributed by atoms with Gasteiger partial charge in [-0.3, -0.25) is 0 Å². The number of hydrogen-bond acceptors (Lipinski definition) is 4. The molecule has 1 fully saturated rings. The third-order valence-corrected chi connectivity index (χ3v) is 5.51. The van der Waals surface area contributed by atoms with E-state index in [9.17, 15) is 8.42 Å². The topological polar surface area (TPSA) is 72.2 Å². The van der Waals surface area contributed by atoms with Gasteiger partial charge in [-0.25, -0.2) is 8.42 Å². The van der Waals surface area contributed by atoms with E-state index < -0.39 is 9.84 Å². The molecule has 1 unspecified atom stereocenters. The van der Waals surface area contributed by atoms with Crippen molar-refractivity contribution in [1.29, 1.82) is 0 Å². The van der Waals surface area contributed by atoms with Crippen molar-refractivity contribution < 1.29 is 8.42 Å². The molecule has 7 heteroatoms. The lowest BCUT2D eigenvalue weighted by molar-refractivity contribution is 0.602. The smallest absolute Gasteiger partial charge is 0.152 e. The summed E-state index contributed by atoms with van der Waals surface area (Å²) in [6.07, 6.45) is 0.645. The van der Waals surface area contributed by atoms with Crippen molar-refractivity contribution in [3.8, 4) is 0 Å². The molecule has 0 spiro atoms. The quantitative estimate of drug-likeness (QED) is 0.813. The molecule has 0 aliphatic carbocycles. The summed E-state index contributed by atoms with van der Waals surface area (Å²) in [6.45, 7) is 0. The van der Waals surface area contributed by atoms with E-state index in [-0.39, 0.29) is 17.5 Å². The van der Waals surface area contributed by atoms with E-state index in [1.165, 1.54) is 0 Å². The van der Waals surface area contributed by atoms with Crippen molar-refractivity contribution in [1.82, 2.24) is 0 Å². The fraction of sp³-hybridized carbons (Fsp3) is 0.364. The van der Waals surface area contributed by atoms with Gasteiger partial charge in [0.05, 0.1) is 11.5 Å². The summed E-state index contributed by atoms with van der Waals surface area (Å²) in [7, 11) is -2.87. The van der Waals surface area contributed by atoms with Gasteiger partial charge in [0.1, 0.15) is 4.99 Å². The lowest BCUT2D eigenvalue weighted by atomic mass is 10.2. The first-order chi connectivity index (χ1) is 8.37. The lowest BCUT2D eigenvalue weighted by Crippen LogP contribution is -2.21. The molecule has 1 aliphatic heterocycles. The molecule has 98 valence electrons. The van der Waals surface area contributed by atoms with Crippen LogP contribution in [-0.4, -0.2) is 31.0 Å². The first-order valence-corrected chi connectivity index (χ1v) is 8.46. The molecule has 0 radical (unpaired) electrons. The van der Waals surface area contributed by atoms with E-state index in [4.69, 9.17) is 18.0 Å². The van der Waals surface area contributed by atoms with Gasteiger partial charge in [-0.15, -0.1) is 0 Å². The summed E-state index contributed by atoms with van der Waals surface area (Å²) in [5, 5.41) is 3.22. The van der Waals surface area contributed by atoms with Gasteiger partial charge >= 0.3 is 0 Å². The summed E-state index contributed by atoms with van der Waals surface area (Å²) >= 11 is 8.32. The third-order valence-electron chi connectivity index (χ3n) is 2.85. The first-order valence-electron chi connectivity index (χ1n) is 5.44. The van der Waals surface area contributed by atoms with Crippen molar-refractivity contribution >= 4 is 48.7 Å². The molecule has 1 saturated heterocycles. The Balaban J connectivity index is 2.13. The predicted molar refractivity (Wildman–Crippen MR) is 80.7 cm³/mol. The Kier molecular flexibility index (Phi) is 3.93. The molecular weight excluding hydrogens is 336 g/mol. The van der Waals surface area contributed by atoms with E-state index in [2.05, 4.69) is 21.2 Å². The van der Waals surface area contributed by atoms with Gasteiger partial charge in [0, 0.05) is 21.8 Å². The highest BCUT2D eigenvalue weighted by Gasteiger charge is 2.27. The minimum atomic E-state index is -2.87. The van der Waals surface area contributed by atoms with Crippen LogP contribution >= 0.6 is 28.1 Å². The van der Waals surface area contributed by atoms with E-state index >= 15 is 0 Å². The fourth-order valence-electron chi connectivity index (χ4n) is 1.91. The lowest BCUT2D eigenvalue weighted by Gasteiger charge is -2.14. The fourth-order valence-corrected chi connectivity index (χ4v) is 4.21. The zero-order chi connectivity index (χ0) is 13.3. The van der Waals surface area contributed by atoms with Crippen molar-refractivity contribution in [3.05, 3.63) is 28.2 Å². The van der Waals surface area contributed by atoms with Crippen molar-refractivity contribution in [2.45, 2.75) is 12.5 Å². The minimum absolute atomic E-state index is 0.0259. The van der Waals surface area contributed by atoms with Crippen LogP contribution in [0.1, 0.15) is 12.0 Å². The van der Waals surface area contributed by atoms with Gasteiger partial charge in [-0.05, 0) is 40.5 Å². The van der Waals surface area contributed by atoms with Crippen molar-refractivity contribution in [3.63, 3.8) is 0 Å². The van der Waals surface area contributed by atoms with Crippen LogP contribution in [0.15, 0.2) is 22.7 Å². The maximum Gasteiger partial charge on any atom is 0.152 e. The molecule has 2 rings (SSSR count). The SMILES string of the molecule is NC(=S)c1ccc(NC2CCS(=O)(=O)C2)c(Br)c1. The number of thiocarbonyl (C=S) groups is 1. The van der Waals surface area contributed by atoms with Crippen molar-refractivity contribution in [2.24, 2.45) is 5.73 Å². The second kappa shape index (κ2) is 5.14. The van der Waals surface area contributed by atoms with Gasteiger partial charge in [0.25, 0.3) is 0 Å².